The highest BCUT2D eigenvalue weighted by atomic mass is 32.1. The minimum absolute atomic E-state index is 0.0789. The maximum absolute atomic E-state index is 10.4. The zero-order valence-corrected chi connectivity index (χ0v) is 11.4. The van der Waals surface area contributed by atoms with Gasteiger partial charge in [-0.25, -0.2) is 0 Å². The fraction of sp³-hybridized carbons (Fsp3) is 0.357. The van der Waals surface area contributed by atoms with Crippen LogP contribution in [0, 0.1) is 13.8 Å². The number of hydrogen-bond donors (Lipinski definition) is 2. The summed E-state index contributed by atoms with van der Waals surface area (Å²) in [7, 11) is 0. The van der Waals surface area contributed by atoms with Crippen molar-refractivity contribution in [2.75, 3.05) is 6.54 Å². The summed E-state index contributed by atoms with van der Waals surface area (Å²) in [5.74, 6) is -0.0789. The molecule has 0 aliphatic rings. The Labute approximate surface area is 111 Å². The van der Waals surface area contributed by atoms with Crippen LogP contribution in [0.3, 0.4) is 0 Å². The molecule has 0 saturated carbocycles. The Morgan fingerprint density at radius 3 is 2.67 bits per heavy atom. The smallest absolute Gasteiger partial charge is 0.0978 e. The standard InChI is InChI=1S/C14H18N2OS/c1-9-3-4-11(5-10(9)2)12(6-15)14(17)13-7-16-8-18-13/h3-5,7-8,12,14,17H,6,15H2,1-2H3. The van der Waals surface area contributed by atoms with Crippen LogP contribution in [0.4, 0.5) is 0 Å². The number of aromatic nitrogens is 1. The number of nitrogens with zero attached hydrogens (tertiary/aromatic N) is 1. The Morgan fingerprint density at radius 2 is 2.11 bits per heavy atom. The first-order chi connectivity index (χ1) is 8.63. The van der Waals surface area contributed by atoms with Gasteiger partial charge in [-0.2, -0.15) is 0 Å². The third-order valence-corrected chi connectivity index (χ3v) is 4.18. The van der Waals surface area contributed by atoms with Gasteiger partial charge in [-0.1, -0.05) is 18.2 Å². The Morgan fingerprint density at radius 1 is 1.33 bits per heavy atom. The summed E-state index contributed by atoms with van der Waals surface area (Å²) >= 11 is 1.46. The van der Waals surface area contributed by atoms with Gasteiger partial charge in [-0.3, -0.25) is 4.98 Å². The molecule has 4 heteroatoms. The normalized spacial score (nSPS) is 14.4. The van der Waals surface area contributed by atoms with E-state index in [1.165, 1.54) is 22.5 Å². The first kappa shape index (κ1) is 13.2. The van der Waals surface area contributed by atoms with Crippen LogP contribution in [-0.4, -0.2) is 16.6 Å². The van der Waals surface area contributed by atoms with Crippen molar-refractivity contribution in [1.29, 1.82) is 0 Å². The van der Waals surface area contributed by atoms with Crippen molar-refractivity contribution >= 4 is 11.3 Å². The highest BCUT2D eigenvalue weighted by Gasteiger charge is 2.22. The van der Waals surface area contributed by atoms with Crippen molar-refractivity contribution in [2.45, 2.75) is 25.9 Å². The molecule has 0 fully saturated rings. The summed E-state index contributed by atoms with van der Waals surface area (Å²) in [6.07, 6.45) is 1.13. The fourth-order valence-corrected chi connectivity index (χ4v) is 2.68. The summed E-state index contributed by atoms with van der Waals surface area (Å²) in [5, 5.41) is 10.4. The average molecular weight is 262 g/mol. The molecule has 3 nitrogen and oxygen atoms in total. The number of hydrogen-bond acceptors (Lipinski definition) is 4. The third-order valence-electron chi connectivity index (χ3n) is 3.34. The molecule has 0 amide bonds. The SMILES string of the molecule is Cc1ccc(C(CN)C(O)c2cncs2)cc1C. The minimum atomic E-state index is -0.579. The van der Waals surface area contributed by atoms with Crippen molar-refractivity contribution in [2.24, 2.45) is 5.73 Å². The van der Waals surface area contributed by atoms with Gasteiger partial charge >= 0.3 is 0 Å². The maximum atomic E-state index is 10.4. The summed E-state index contributed by atoms with van der Waals surface area (Å²) in [4.78, 5) is 4.87. The molecule has 0 radical (unpaired) electrons. The molecule has 0 aliphatic heterocycles. The predicted molar refractivity (Wildman–Crippen MR) is 74.8 cm³/mol. The third kappa shape index (κ3) is 2.61. The van der Waals surface area contributed by atoms with Crippen LogP contribution in [0.5, 0.6) is 0 Å². The van der Waals surface area contributed by atoms with Crippen molar-refractivity contribution in [1.82, 2.24) is 4.98 Å². The van der Waals surface area contributed by atoms with Crippen LogP contribution in [-0.2, 0) is 0 Å². The first-order valence-electron chi connectivity index (χ1n) is 5.97. The molecule has 1 aromatic heterocycles. The molecule has 3 N–H and O–H groups in total. The van der Waals surface area contributed by atoms with E-state index in [1.54, 1.807) is 11.7 Å². The van der Waals surface area contributed by atoms with Crippen molar-refractivity contribution in [3.05, 3.63) is 51.5 Å². The van der Waals surface area contributed by atoms with Gasteiger partial charge in [0.05, 0.1) is 16.5 Å². The minimum Gasteiger partial charge on any atom is -0.387 e. The molecule has 0 bridgehead atoms. The van der Waals surface area contributed by atoms with E-state index in [9.17, 15) is 5.11 Å². The molecule has 2 atom stereocenters. The molecule has 2 unspecified atom stereocenters. The van der Waals surface area contributed by atoms with Crippen LogP contribution in [0.15, 0.2) is 29.9 Å². The zero-order chi connectivity index (χ0) is 13.1. The largest absolute Gasteiger partial charge is 0.387 e. The molecule has 96 valence electrons. The number of aryl methyl sites for hydroxylation is 2. The van der Waals surface area contributed by atoms with Gasteiger partial charge in [-0.05, 0) is 30.5 Å². The van der Waals surface area contributed by atoms with E-state index in [2.05, 4.69) is 31.0 Å². The Hall–Kier alpha value is -1.23. The number of rotatable bonds is 4. The molecule has 18 heavy (non-hydrogen) atoms. The average Bonchev–Trinajstić information content (AvgIpc) is 2.88. The summed E-state index contributed by atoms with van der Waals surface area (Å²) in [6.45, 7) is 4.57. The summed E-state index contributed by atoms with van der Waals surface area (Å²) < 4.78 is 0. The lowest BCUT2D eigenvalue weighted by Crippen LogP contribution is -2.19. The van der Waals surface area contributed by atoms with Crippen molar-refractivity contribution < 1.29 is 5.11 Å². The van der Waals surface area contributed by atoms with E-state index in [-0.39, 0.29) is 5.92 Å². The molecule has 0 saturated heterocycles. The Balaban J connectivity index is 2.30. The maximum Gasteiger partial charge on any atom is 0.0978 e. The monoisotopic (exact) mass is 262 g/mol. The van der Waals surface area contributed by atoms with Crippen LogP contribution in [0.2, 0.25) is 0 Å². The second-order valence-corrected chi connectivity index (χ2v) is 5.45. The number of thiazole rings is 1. The second kappa shape index (κ2) is 5.61. The lowest BCUT2D eigenvalue weighted by Gasteiger charge is -2.21. The molecule has 0 spiro atoms. The van der Waals surface area contributed by atoms with E-state index in [1.807, 2.05) is 6.07 Å². The molecular formula is C14H18N2OS. The molecule has 1 aromatic carbocycles. The zero-order valence-electron chi connectivity index (χ0n) is 10.6. The topological polar surface area (TPSA) is 59.1 Å². The van der Waals surface area contributed by atoms with Crippen LogP contribution in [0.25, 0.3) is 0 Å². The predicted octanol–water partition coefficient (Wildman–Crippen LogP) is 2.54. The number of nitrogens with two attached hydrogens (primary N) is 1. The molecule has 2 aromatic rings. The van der Waals surface area contributed by atoms with Gasteiger partial charge in [0.2, 0.25) is 0 Å². The van der Waals surface area contributed by atoms with Gasteiger partial charge < -0.3 is 10.8 Å². The van der Waals surface area contributed by atoms with Crippen molar-refractivity contribution in [3.63, 3.8) is 0 Å². The highest BCUT2D eigenvalue weighted by Crippen LogP contribution is 2.32. The second-order valence-electron chi connectivity index (χ2n) is 4.53. The van der Waals surface area contributed by atoms with E-state index in [0.29, 0.717) is 6.54 Å². The summed E-state index contributed by atoms with van der Waals surface area (Å²) in [6, 6.07) is 6.23. The first-order valence-corrected chi connectivity index (χ1v) is 6.85. The molecule has 0 aliphatic carbocycles. The number of aliphatic hydroxyl groups excluding tert-OH is 1. The van der Waals surface area contributed by atoms with E-state index in [0.717, 1.165) is 10.4 Å². The van der Waals surface area contributed by atoms with Gasteiger partial charge in [0.25, 0.3) is 0 Å². The van der Waals surface area contributed by atoms with Crippen LogP contribution >= 0.6 is 11.3 Å². The number of aliphatic hydroxyl groups is 1. The van der Waals surface area contributed by atoms with Gasteiger partial charge in [0, 0.05) is 18.7 Å². The number of benzene rings is 1. The van der Waals surface area contributed by atoms with E-state index in [4.69, 9.17) is 5.73 Å². The molecule has 1 heterocycles. The molecule has 2 rings (SSSR count). The van der Waals surface area contributed by atoms with E-state index >= 15 is 0 Å². The molecular weight excluding hydrogens is 244 g/mol. The fourth-order valence-electron chi connectivity index (χ4n) is 2.01. The Bertz CT molecular complexity index is 511. The lowest BCUT2D eigenvalue weighted by atomic mass is 9.90. The van der Waals surface area contributed by atoms with Gasteiger partial charge in [-0.15, -0.1) is 11.3 Å². The van der Waals surface area contributed by atoms with Crippen LogP contribution in [0.1, 0.15) is 33.6 Å². The van der Waals surface area contributed by atoms with Gasteiger partial charge in [0.15, 0.2) is 0 Å². The van der Waals surface area contributed by atoms with E-state index < -0.39 is 6.10 Å². The van der Waals surface area contributed by atoms with Crippen LogP contribution < -0.4 is 5.73 Å². The quantitative estimate of drug-likeness (QED) is 0.890. The lowest BCUT2D eigenvalue weighted by molar-refractivity contribution is 0.151. The highest BCUT2D eigenvalue weighted by molar-refractivity contribution is 7.09. The van der Waals surface area contributed by atoms with Gasteiger partial charge in [0.1, 0.15) is 0 Å². The summed E-state index contributed by atoms with van der Waals surface area (Å²) in [5.41, 5.74) is 11.1. The Kier molecular flexibility index (Phi) is 4.11. The van der Waals surface area contributed by atoms with Crippen molar-refractivity contribution in [3.8, 4) is 0 Å².